The van der Waals surface area contributed by atoms with Gasteiger partial charge in [-0.3, -0.25) is 4.68 Å². The topological polar surface area (TPSA) is 43.8 Å². The van der Waals surface area contributed by atoms with E-state index in [4.69, 9.17) is 5.73 Å². The molecule has 1 heterocycles. The fraction of sp³-hybridized carbons (Fsp3) is 0.222. The Kier molecular flexibility index (Phi) is 1.52. The van der Waals surface area contributed by atoms with Crippen LogP contribution in [0.15, 0.2) is 12.3 Å². The molecule has 0 fully saturated rings. The molecule has 3 nitrogen and oxygen atoms in total. The second-order valence-electron chi connectivity index (χ2n) is 3.15. The number of anilines is 1. The maximum absolute atomic E-state index is 13.5. The van der Waals surface area contributed by atoms with Crippen LogP contribution in [-0.2, 0) is 7.05 Å². The predicted molar refractivity (Wildman–Crippen MR) is 49.8 cm³/mol. The first-order valence-corrected chi connectivity index (χ1v) is 3.97. The number of aryl methyl sites for hydroxylation is 1. The molecule has 68 valence electrons. The van der Waals surface area contributed by atoms with Crippen LogP contribution in [0, 0.1) is 12.7 Å². The summed E-state index contributed by atoms with van der Waals surface area (Å²) in [6.07, 6.45) is 1.74. The molecule has 0 saturated carbocycles. The van der Waals surface area contributed by atoms with Crippen molar-refractivity contribution in [2.75, 3.05) is 5.73 Å². The van der Waals surface area contributed by atoms with Gasteiger partial charge in [0.2, 0.25) is 0 Å². The Morgan fingerprint density at radius 2 is 2.23 bits per heavy atom. The van der Waals surface area contributed by atoms with E-state index < -0.39 is 0 Å². The average Bonchev–Trinajstić information content (AvgIpc) is 2.42. The van der Waals surface area contributed by atoms with Crippen LogP contribution in [0.5, 0.6) is 0 Å². The molecule has 0 amide bonds. The van der Waals surface area contributed by atoms with E-state index in [0.29, 0.717) is 16.8 Å². The van der Waals surface area contributed by atoms with Crippen LogP contribution in [0.4, 0.5) is 10.1 Å². The van der Waals surface area contributed by atoms with Gasteiger partial charge in [-0.25, -0.2) is 4.39 Å². The summed E-state index contributed by atoms with van der Waals surface area (Å²) in [4.78, 5) is 0. The van der Waals surface area contributed by atoms with E-state index in [2.05, 4.69) is 5.10 Å². The lowest BCUT2D eigenvalue weighted by atomic mass is 10.1. The summed E-state index contributed by atoms with van der Waals surface area (Å²) in [5.41, 5.74) is 6.94. The largest absolute Gasteiger partial charge is 0.398 e. The number of halogens is 1. The van der Waals surface area contributed by atoms with Crippen molar-refractivity contribution in [1.29, 1.82) is 0 Å². The number of benzene rings is 1. The van der Waals surface area contributed by atoms with Crippen molar-refractivity contribution < 1.29 is 4.39 Å². The van der Waals surface area contributed by atoms with Crippen LogP contribution < -0.4 is 5.73 Å². The molecule has 0 aliphatic carbocycles. The highest BCUT2D eigenvalue weighted by Crippen LogP contribution is 2.24. The minimum absolute atomic E-state index is 0.324. The summed E-state index contributed by atoms with van der Waals surface area (Å²) in [6.45, 7) is 1.65. The Balaban J connectivity index is 2.92. The third-order valence-electron chi connectivity index (χ3n) is 2.14. The van der Waals surface area contributed by atoms with Gasteiger partial charge in [-0.1, -0.05) is 0 Å². The van der Waals surface area contributed by atoms with Gasteiger partial charge in [0.05, 0.1) is 0 Å². The third kappa shape index (κ3) is 1.06. The zero-order valence-electron chi connectivity index (χ0n) is 7.50. The number of nitrogens with two attached hydrogens (primary N) is 1. The smallest absolute Gasteiger partial charge is 0.156 e. The molecule has 0 saturated heterocycles. The van der Waals surface area contributed by atoms with Crippen LogP contribution in [-0.4, -0.2) is 9.78 Å². The molecular formula is C9H10FN3. The second-order valence-corrected chi connectivity index (χ2v) is 3.15. The molecule has 13 heavy (non-hydrogen) atoms. The highest BCUT2D eigenvalue weighted by atomic mass is 19.1. The molecule has 0 aliphatic heterocycles. The minimum atomic E-state index is -0.324. The van der Waals surface area contributed by atoms with E-state index in [1.54, 1.807) is 30.9 Å². The number of hydrogen-bond donors (Lipinski definition) is 1. The molecule has 0 bridgehead atoms. The molecule has 2 N–H and O–H groups in total. The van der Waals surface area contributed by atoms with Crippen molar-refractivity contribution in [2.45, 2.75) is 6.92 Å². The summed E-state index contributed by atoms with van der Waals surface area (Å²) in [7, 11) is 1.75. The van der Waals surface area contributed by atoms with Gasteiger partial charge < -0.3 is 5.73 Å². The third-order valence-corrected chi connectivity index (χ3v) is 2.14. The Morgan fingerprint density at radius 1 is 1.54 bits per heavy atom. The van der Waals surface area contributed by atoms with Crippen LogP contribution >= 0.6 is 0 Å². The Hall–Kier alpha value is -1.58. The summed E-state index contributed by atoms with van der Waals surface area (Å²) >= 11 is 0. The molecule has 0 unspecified atom stereocenters. The van der Waals surface area contributed by atoms with Gasteiger partial charge in [0, 0.05) is 29.9 Å². The van der Waals surface area contributed by atoms with Gasteiger partial charge >= 0.3 is 0 Å². The summed E-state index contributed by atoms with van der Waals surface area (Å²) in [6, 6.07) is 1.74. The number of nitrogens with zero attached hydrogens (tertiary/aromatic N) is 2. The quantitative estimate of drug-likeness (QED) is 0.624. The van der Waals surface area contributed by atoms with Crippen molar-refractivity contribution in [2.24, 2.45) is 7.05 Å². The van der Waals surface area contributed by atoms with Crippen LogP contribution in [0.1, 0.15) is 5.56 Å². The van der Waals surface area contributed by atoms with Crippen LogP contribution in [0.3, 0.4) is 0 Å². The second kappa shape index (κ2) is 2.45. The molecule has 4 heteroatoms. The van der Waals surface area contributed by atoms with Crippen LogP contribution in [0.2, 0.25) is 0 Å². The van der Waals surface area contributed by atoms with E-state index in [0.717, 1.165) is 5.39 Å². The summed E-state index contributed by atoms with van der Waals surface area (Å²) in [5, 5.41) is 4.74. The predicted octanol–water partition coefficient (Wildman–Crippen LogP) is 1.60. The van der Waals surface area contributed by atoms with Gasteiger partial charge in [0.1, 0.15) is 5.52 Å². The molecule has 0 spiro atoms. The number of hydrogen-bond acceptors (Lipinski definition) is 2. The fourth-order valence-electron chi connectivity index (χ4n) is 1.36. The lowest BCUT2D eigenvalue weighted by molar-refractivity contribution is 0.624. The molecule has 2 rings (SSSR count). The first kappa shape index (κ1) is 8.04. The van der Waals surface area contributed by atoms with E-state index in [1.807, 2.05) is 0 Å². The summed E-state index contributed by atoms with van der Waals surface area (Å²) < 4.78 is 15.1. The molecule has 1 aromatic heterocycles. The molecule has 0 aliphatic rings. The number of fused-ring (bicyclic) bond motifs is 1. The highest BCUT2D eigenvalue weighted by molar-refractivity contribution is 5.83. The monoisotopic (exact) mass is 179 g/mol. The number of rotatable bonds is 0. The van der Waals surface area contributed by atoms with Crippen molar-refractivity contribution in [3.63, 3.8) is 0 Å². The van der Waals surface area contributed by atoms with E-state index in [1.165, 1.54) is 0 Å². The van der Waals surface area contributed by atoms with Crippen LogP contribution in [0.25, 0.3) is 10.9 Å². The van der Waals surface area contributed by atoms with E-state index in [9.17, 15) is 4.39 Å². The zero-order chi connectivity index (χ0) is 9.59. The van der Waals surface area contributed by atoms with Gasteiger partial charge in [-0.05, 0) is 13.0 Å². The fourth-order valence-corrected chi connectivity index (χ4v) is 1.36. The van der Waals surface area contributed by atoms with Gasteiger partial charge in [0.25, 0.3) is 0 Å². The maximum Gasteiger partial charge on any atom is 0.156 e. The molecular weight excluding hydrogens is 169 g/mol. The standard InChI is InChI=1S/C9H10FN3/c1-5-7(11)3-6-4-13(2)12-9(6)8(5)10/h3-4H,11H2,1-2H3. The lowest BCUT2D eigenvalue weighted by Crippen LogP contribution is -1.94. The Labute approximate surface area is 75.0 Å². The SMILES string of the molecule is Cc1c(N)cc2cn(C)nc2c1F. The average molecular weight is 179 g/mol. The van der Waals surface area contributed by atoms with Crippen molar-refractivity contribution in [3.05, 3.63) is 23.6 Å². The van der Waals surface area contributed by atoms with Gasteiger partial charge in [-0.15, -0.1) is 0 Å². The Bertz CT molecular complexity index is 473. The molecule has 2 aromatic rings. The molecule has 0 atom stereocenters. The summed E-state index contributed by atoms with van der Waals surface area (Å²) in [5.74, 6) is -0.324. The zero-order valence-corrected chi connectivity index (χ0v) is 7.50. The highest BCUT2D eigenvalue weighted by Gasteiger charge is 2.10. The van der Waals surface area contributed by atoms with Crippen molar-refractivity contribution in [3.8, 4) is 0 Å². The maximum atomic E-state index is 13.5. The molecule has 1 aromatic carbocycles. The number of aromatic nitrogens is 2. The van der Waals surface area contributed by atoms with Gasteiger partial charge in [0.15, 0.2) is 5.82 Å². The minimum Gasteiger partial charge on any atom is -0.398 e. The van der Waals surface area contributed by atoms with Crippen molar-refractivity contribution >= 4 is 16.6 Å². The van der Waals surface area contributed by atoms with Crippen molar-refractivity contribution in [1.82, 2.24) is 9.78 Å². The normalized spacial score (nSPS) is 11.0. The van der Waals surface area contributed by atoms with Gasteiger partial charge in [-0.2, -0.15) is 5.10 Å². The first-order valence-electron chi connectivity index (χ1n) is 3.97. The first-order chi connectivity index (χ1) is 6.09. The van der Waals surface area contributed by atoms with E-state index in [-0.39, 0.29) is 5.82 Å². The lowest BCUT2D eigenvalue weighted by Gasteiger charge is -2.00. The Morgan fingerprint density at radius 3 is 2.92 bits per heavy atom. The number of nitrogen functional groups attached to an aromatic ring is 1. The molecule has 0 radical (unpaired) electrons. The van der Waals surface area contributed by atoms with E-state index >= 15 is 0 Å².